The molecule has 0 fully saturated rings. The molecule has 1 aliphatic rings. The first kappa shape index (κ1) is 30.1. The van der Waals surface area contributed by atoms with E-state index in [0.29, 0.717) is 51.8 Å². The molecule has 2 heterocycles. The number of fused-ring (bicyclic) bond motifs is 2. The first-order valence-corrected chi connectivity index (χ1v) is 15.9. The second-order valence-corrected chi connectivity index (χ2v) is 11.8. The highest BCUT2D eigenvalue weighted by atomic mass is 32.1. The third kappa shape index (κ3) is 5.69. The van der Waals surface area contributed by atoms with Crippen molar-refractivity contribution in [1.29, 1.82) is 0 Å². The number of thiazole rings is 1. The largest absolute Gasteiger partial charge is 0.496 e. The fraction of sp³-hybridized carbons (Fsp3) is 0.216. The molecule has 5 aromatic rings. The molecule has 228 valence electrons. The zero-order valence-corrected chi connectivity index (χ0v) is 26.6. The van der Waals surface area contributed by atoms with E-state index in [0.717, 1.165) is 27.5 Å². The molecule has 0 saturated heterocycles. The summed E-state index contributed by atoms with van der Waals surface area (Å²) in [6.07, 6.45) is 1.85. The Morgan fingerprint density at radius 1 is 0.933 bits per heavy atom. The summed E-state index contributed by atoms with van der Waals surface area (Å²) in [5, 5.41) is 1.90. The Labute approximate surface area is 266 Å². The van der Waals surface area contributed by atoms with Gasteiger partial charge in [-0.3, -0.25) is 14.2 Å². The molecule has 0 N–H and O–H groups in total. The van der Waals surface area contributed by atoms with Gasteiger partial charge in [0.15, 0.2) is 4.80 Å². The summed E-state index contributed by atoms with van der Waals surface area (Å²) < 4.78 is 14.3. The second-order valence-electron chi connectivity index (χ2n) is 10.8. The number of methoxy groups -OCH3 is 1. The summed E-state index contributed by atoms with van der Waals surface area (Å²) in [6, 6.07) is 28.8. The minimum absolute atomic E-state index is 0.143. The molecule has 0 saturated carbocycles. The molecule has 0 radical (unpaired) electrons. The molecule has 1 atom stereocenters. The molecule has 0 aliphatic carbocycles. The van der Waals surface area contributed by atoms with Gasteiger partial charge in [-0.25, -0.2) is 4.99 Å². The molecule has 8 heteroatoms. The average molecular weight is 618 g/mol. The Hall–Kier alpha value is -4.95. The van der Waals surface area contributed by atoms with E-state index in [9.17, 15) is 9.59 Å². The van der Waals surface area contributed by atoms with Gasteiger partial charge in [0.2, 0.25) is 0 Å². The first-order valence-electron chi connectivity index (χ1n) is 15.1. The third-order valence-corrected chi connectivity index (χ3v) is 9.15. The van der Waals surface area contributed by atoms with Gasteiger partial charge in [-0.2, -0.15) is 0 Å². The Morgan fingerprint density at radius 3 is 2.40 bits per heavy atom. The lowest BCUT2D eigenvalue weighted by Crippen LogP contribution is -2.43. The quantitative estimate of drug-likeness (QED) is 0.208. The lowest BCUT2D eigenvalue weighted by atomic mass is 9.90. The van der Waals surface area contributed by atoms with Gasteiger partial charge in [0.1, 0.15) is 24.1 Å². The molecule has 45 heavy (non-hydrogen) atoms. The van der Waals surface area contributed by atoms with Gasteiger partial charge >= 0.3 is 0 Å². The summed E-state index contributed by atoms with van der Waals surface area (Å²) >= 11 is 1.31. The van der Waals surface area contributed by atoms with Crippen molar-refractivity contribution < 1.29 is 14.3 Å². The maximum atomic E-state index is 14.5. The number of ether oxygens (including phenoxy) is 2. The molecule has 7 nitrogen and oxygen atoms in total. The number of nitrogens with zero attached hydrogens (tertiary/aromatic N) is 3. The summed E-state index contributed by atoms with van der Waals surface area (Å²) in [6.45, 7) is 7.25. The fourth-order valence-corrected chi connectivity index (χ4v) is 6.93. The van der Waals surface area contributed by atoms with Crippen molar-refractivity contribution in [1.82, 2.24) is 9.47 Å². The summed E-state index contributed by atoms with van der Waals surface area (Å²) in [5.41, 5.74) is 3.43. The predicted molar refractivity (Wildman–Crippen MR) is 179 cm³/mol. The van der Waals surface area contributed by atoms with Gasteiger partial charge in [-0.1, -0.05) is 90.2 Å². The highest BCUT2D eigenvalue weighted by molar-refractivity contribution is 7.07. The minimum atomic E-state index is -0.734. The number of aromatic nitrogens is 1. The molecule has 1 amide bonds. The summed E-state index contributed by atoms with van der Waals surface area (Å²) in [7, 11) is 1.62. The van der Waals surface area contributed by atoms with Crippen LogP contribution in [0.1, 0.15) is 43.5 Å². The molecule has 1 aliphatic heterocycles. The first-order chi connectivity index (χ1) is 21.9. The molecule has 4 aromatic carbocycles. The van der Waals surface area contributed by atoms with Crippen LogP contribution in [0.25, 0.3) is 16.8 Å². The number of amides is 1. The summed E-state index contributed by atoms with van der Waals surface area (Å²) in [5.74, 6) is 1.13. The van der Waals surface area contributed by atoms with Gasteiger partial charge in [0.05, 0.1) is 22.9 Å². The van der Waals surface area contributed by atoms with Crippen molar-refractivity contribution in [2.75, 3.05) is 20.2 Å². The van der Waals surface area contributed by atoms with E-state index < -0.39 is 6.04 Å². The number of hydrogen-bond donors (Lipinski definition) is 0. The van der Waals surface area contributed by atoms with Crippen molar-refractivity contribution in [2.45, 2.75) is 33.4 Å². The van der Waals surface area contributed by atoms with Crippen molar-refractivity contribution in [3.05, 3.63) is 139 Å². The van der Waals surface area contributed by atoms with Crippen LogP contribution in [-0.2, 0) is 11.4 Å². The van der Waals surface area contributed by atoms with Crippen LogP contribution in [-0.4, -0.2) is 35.6 Å². The molecule has 0 spiro atoms. The van der Waals surface area contributed by atoms with Gasteiger partial charge < -0.3 is 14.4 Å². The van der Waals surface area contributed by atoms with Crippen LogP contribution in [0, 0.1) is 0 Å². The van der Waals surface area contributed by atoms with Crippen molar-refractivity contribution >= 4 is 34.1 Å². The van der Waals surface area contributed by atoms with Gasteiger partial charge in [-0.05, 0) is 55.3 Å². The topological polar surface area (TPSA) is 73.1 Å². The molecular formula is C37H35N3O4S. The Bertz CT molecular complexity index is 2090. The summed E-state index contributed by atoms with van der Waals surface area (Å²) in [4.78, 5) is 35.8. The van der Waals surface area contributed by atoms with Crippen molar-refractivity contribution in [3.8, 4) is 11.5 Å². The fourth-order valence-electron chi connectivity index (χ4n) is 5.89. The van der Waals surface area contributed by atoms with E-state index in [4.69, 9.17) is 14.5 Å². The van der Waals surface area contributed by atoms with Crippen LogP contribution in [0.3, 0.4) is 0 Å². The van der Waals surface area contributed by atoms with Crippen molar-refractivity contribution in [2.24, 2.45) is 4.99 Å². The van der Waals surface area contributed by atoms with Crippen LogP contribution in [0.4, 0.5) is 0 Å². The monoisotopic (exact) mass is 617 g/mol. The average Bonchev–Trinajstić information content (AvgIpc) is 3.37. The maximum Gasteiger partial charge on any atom is 0.271 e. The number of carbonyl (C=O) groups is 1. The van der Waals surface area contributed by atoms with Crippen LogP contribution >= 0.6 is 11.3 Å². The van der Waals surface area contributed by atoms with Crippen LogP contribution in [0.2, 0.25) is 0 Å². The van der Waals surface area contributed by atoms with E-state index in [1.54, 1.807) is 16.6 Å². The Kier molecular flexibility index (Phi) is 8.67. The maximum absolute atomic E-state index is 14.5. The minimum Gasteiger partial charge on any atom is -0.496 e. The molecule has 6 rings (SSSR count). The number of rotatable bonds is 9. The predicted octanol–water partition coefficient (Wildman–Crippen LogP) is 5.84. The third-order valence-electron chi connectivity index (χ3n) is 8.17. The van der Waals surface area contributed by atoms with Gasteiger partial charge in [0, 0.05) is 24.2 Å². The zero-order valence-electron chi connectivity index (χ0n) is 25.8. The van der Waals surface area contributed by atoms with Gasteiger partial charge in [-0.15, -0.1) is 0 Å². The molecule has 0 unspecified atom stereocenters. The van der Waals surface area contributed by atoms with Gasteiger partial charge in [0.25, 0.3) is 11.5 Å². The molecule has 1 aromatic heterocycles. The Balaban J connectivity index is 1.56. The highest BCUT2D eigenvalue weighted by Crippen LogP contribution is 2.40. The molecular weight excluding hydrogens is 582 g/mol. The second kappa shape index (κ2) is 13.0. The number of allylic oxidation sites excluding steroid dienone is 1. The van der Waals surface area contributed by atoms with E-state index in [-0.39, 0.29) is 11.5 Å². The zero-order chi connectivity index (χ0) is 31.5. The van der Waals surface area contributed by atoms with Crippen molar-refractivity contribution in [3.63, 3.8) is 0 Å². The number of likely N-dealkylation sites (N-methyl/N-ethyl adjacent to an activating group) is 1. The van der Waals surface area contributed by atoms with Crippen LogP contribution in [0.5, 0.6) is 11.5 Å². The Morgan fingerprint density at radius 2 is 1.64 bits per heavy atom. The van der Waals surface area contributed by atoms with E-state index >= 15 is 0 Å². The van der Waals surface area contributed by atoms with E-state index in [2.05, 4.69) is 0 Å². The van der Waals surface area contributed by atoms with Crippen LogP contribution in [0.15, 0.2) is 112 Å². The highest BCUT2D eigenvalue weighted by Gasteiger charge is 2.36. The standard InChI is InChI=1S/C37H35N3O4S/c1-5-39(6-2)36(42)32-24(3)38-37-40(34(32)33-28-18-12-10-16-26(28)20-21-30(33)43-4)35(41)31(45-37)22-27-17-11-13-19-29(27)44-23-25-14-8-7-9-15-25/h7-22,34H,5-6,23H2,1-4H3/b31-22+/t34-/m0/s1. The smallest absolute Gasteiger partial charge is 0.271 e. The van der Waals surface area contributed by atoms with E-state index in [1.165, 1.54) is 11.3 Å². The normalized spacial score (nSPS) is 14.7. The van der Waals surface area contributed by atoms with Crippen LogP contribution < -0.4 is 24.4 Å². The molecule has 0 bridgehead atoms. The number of benzene rings is 4. The lowest BCUT2D eigenvalue weighted by Gasteiger charge is -2.30. The van der Waals surface area contributed by atoms with E-state index in [1.807, 2.05) is 118 Å². The number of carbonyl (C=O) groups excluding carboxylic acids is 1. The SMILES string of the molecule is CCN(CC)C(=O)C1=C(C)N=c2s/c(=C/c3ccccc3OCc3ccccc3)c(=O)n2[C@@H]1c1c(OC)ccc2ccccc12. The number of para-hydroxylation sites is 1. The lowest BCUT2D eigenvalue weighted by molar-refractivity contribution is -0.127. The number of hydrogen-bond acceptors (Lipinski definition) is 6.